The number of carbonyl (C=O) groups excluding carboxylic acids is 1. The van der Waals surface area contributed by atoms with E-state index in [0.29, 0.717) is 25.4 Å². The summed E-state index contributed by atoms with van der Waals surface area (Å²) < 4.78 is 6.34. The molecule has 1 saturated heterocycles. The van der Waals surface area contributed by atoms with Crippen LogP contribution in [0.3, 0.4) is 0 Å². The van der Waals surface area contributed by atoms with Crippen molar-refractivity contribution in [3.63, 3.8) is 0 Å². The van der Waals surface area contributed by atoms with Gasteiger partial charge in [0.25, 0.3) is 0 Å². The number of hydrogen-bond donors (Lipinski definition) is 1. The molecule has 21 heavy (non-hydrogen) atoms. The molecule has 1 fully saturated rings. The quantitative estimate of drug-likeness (QED) is 0.801. The number of aliphatic carboxylic acids is 1. The van der Waals surface area contributed by atoms with Gasteiger partial charge in [0.15, 0.2) is 0 Å². The van der Waals surface area contributed by atoms with E-state index in [2.05, 4.69) is 15.9 Å². The molecule has 5 nitrogen and oxygen atoms in total. The van der Waals surface area contributed by atoms with E-state index in [9.17, 15) is 9.59 Å². The average Bonchev–Trinajstić information content (AvgIpc) is 2.44. The summed E-state index contributed by atoms with van der Waals surface area (Å²) in [5.74, 6) is -0.549. The van der Waals surface area contributed by atoms with Crippen LogP contribution < -0.4 is 0 Å². The van der Waals surface area contributed by atoms with E-state index >= 15 is 0 Å². The molecule has 1 aromatic rings. The number of rotatable bonds is 5. The Morgan fingerprint density at radius 2 is 2.29 bits per heavy atom. The van der Waals surface area contributed by atoms with Gasteiger partial charge in [-0.2, -0.15) is 0 Å². The number of hydrogen-bond acceptors (Lipinski definition) is 4. The van der Waals surface area contributed by atoms with Gasteiger partial charge in [0.1, 0.15) is 0 Å². The predicted molar refractivity (Wildman–Crippen MR) is 83.4 cm³/mol. The minimum absolute atomic E-state index is 0.0127. The number of carboxylic acids is 1. The maximum absolute atomic E-state index is 12.2. The number of benzene rings is 1. The Balaban J connectivity index is 1.83. The van der Waals surface area contributed by atoms with Gasteiger partial charge in [-0.25, -0.2) is 0 Å². The van der Waals surface area contributed by atoms with Crippen LogP contribution in [0.1, 0.15) is 6.42 Å². The zero-order valence-electron chi connectivity index (χ0n) is 11.3. The van der Waals surface area contributed by atoms with Crippen molar-refractivity contribution in [3.05, 3.63) is 28.7 Å². The molecule has 1 atom stereocenters. The van der Waals surface area contributed by atoms with Crippen molar-refractivity contribution < 1.29 is 19.4 Å². The smallest absolute Gasteiger partial charge is 0.306 e. The Morgan fingerprint density at radius 3 is 3.00 bits per heavy atom. The SMILES string of the molecule is O=C(O)CC1CN(C(=O)CSc2cccc(Br)c2)CCO1. The summed E-state index contributed by atoms with van der Waals surface area (Å²) in [6.45, 7) is 1.27. The molecule has 0 aromatic heterocycles. The summed E-state index contributed by atoms with van der Waals surface area (Å²) >= 11 is 4.87. The second-order valence-corrected chi connectivity index (χ2v) is 6.64. The number of morpholine rings is 1. The molecule has 1 unspecified atom stereocenters. The summed E-state index contributed by atoms with van der Waals surface area (Å²) in [5.41, 5.74) is 0. The lowest BCUT2D eigenvalue weighted by Crippen LogP contribution is -2.46. The third-order valence-electron chi connectivity index (χ3n) is 3.05. The Morgan fingerprint density at radius 1 is 1.48 bits per heavy atom. The van der Waals surface area contributed by atoms with E-state index in [1.54, 1.807) is 4.90 Å². The van der Waals surface area contributed by atoms with Gasteiger partial charge in [0, 0.05) is 22.5 Å². The molecule has 114 valence electrons. The Labute approximate surface area is 135 Å². The molecule has 1 heterocycles. The number of amides is 1. The second-order valence-electron chi connectivity index (χ2n) is 4.68. The van der Waals surface area contributed by atoms with E-state index in [4.69, 9.17) is 9.84 Å². The van der Waals surface area contributed by atoms with E-state index in [1.165, 1.54) is 11.8 Å². The molecule has 0 bridgehead atoms. The molecule has 0 radical (unpaired) electrons. The lowest BCUT2D eigenvalue weighted by atomic mass is 10.2. The van der Waals surface area contributed by atoms with Gasteiger partial charge in [0.2, 0.25) is 5.91 Å². The van der Waals surface area contributed by atoms with Crippen LogP contribution >= 0.6 is 27.7 Å². The molecule has 1 aliphatic heterocycles. The fraction of sp³-hybridized carbons (Fsp3) is 0.429. The van der Waals surface area contributed by atoms with Crippen LogP contribution in [0.4, 0.5) is 0 Å². The summed E-state index contributed by atoms with van der Waals surface area (Å²) in [7, 11) is 0. The van der Waals surface area contributed by atoms with Crippen molar-refractivity contribution in [2.45, 2.75) is 17.4 Å². The first kappa shape index (κ1) is 16.3. The van der Waals surface area contributed by atoms with E-state index in [0.717, 1.165) is 9.37 Å². The van der Waals surface area contributed by atoms with Crippen molar-refractivity contribution in [1.82, 2.24) is 4.90 Å². The molecule has 1 aliphatic rings. The first-order valence-electron chi connectivity index (χ1n) is 6.54. The lowest BCUT2D eigenvalue weighted by molar-refractivity contribution is -0.146. The minimum Gasteiger partial charge on any atom is -0.481 e. The van der Waals surface area contributed by atoms with Crippen LogP contribution in [-0.2, 0) is 14.3 Å². The summed E-state index contributed by atoms with van der Waals surface area (Å²) in [4.78, 5) is 25.6. The summed E-state index contributed by atoms with van der Waals surface area (Å²) in [6, 6.07) is 7.78. The van der Waals surface area contributed by atoms with Crippen LogP contribution in [0.25, 0.3) is 0 Å². The van der Waals surface area contributed by atoms with Gasteiger partial charge >= 0.3 is 5.97 Å². The van der Waals surface area contributed by atoms with E-state index in [1.807, 2.05) is 24.3 Å². The molecule has 0 aliphatic carbocycles. The maximum Gasteiger partial charge on any atom is 0.306 e. The first-order chi connectivity index (χ1) is 10.0. The normalized spacial score (nSPS) is 18.5. The molecular formula is C14H16BrNO4S. The summed E-state index contributed by atoms with van der Waals surface area (Å²) in [6.07, 6.45) is -0.473. The number of carbonyl (C=O) groups is 2. The van der Waals surface area contributed by atoms with Crippen molar-refractivity contribution in [2.75, 3.05) is 25.4 Å². The average molecular weight is 374 g/mol. The molecule has 0 saturated carbocycles. The zero-order valence-corrected chi connectivity index (χ0v) is 13.7. The molecule has 2 rings (SSSR count). The largest absolute Gasteiger partial charge is 0.481 e. The fourth-order valence-electron chi connectivity index (χ4n) is 2.06. The zero-order chi connectivity index (χ0) is 15.2. The second kappa shape index (κ2) is 7.82. The van der Waals surface area contributed by atoms with Crippen molar-refractivity contribution in [3.8, 4) is 0 Å². The highest BCUT2D eigenvalue weighted by molar-refractivity contribution is 9.10. The van der Waals surface area contributed by atoms with Gasteiger partial charge in [-0.1, -0.05) is 22.0 Å². The number of halogens is 1. The van der Waals surface area contributed by atoms with Crippen molar-refractivity contribution in [2.24, 2.45) is 0 Å². The Hall–Kier alpha value is -1.05. The highest BCUT2D eigenvalue weighted by Crippen LogP contribution is 2.22. The summed E-state index contributed by atoms with van der Waals surface area (Å²) in [5, 5.41) is 8.78. The molecule has 7 heteroatoms. The number of ether oxygens (including phenoxy) is 1. The highest BCUT2D eigenvalue weighted by atomic mass is 79.9. The Bertz CT molecular complexity index is 525. The topological polar surface area (TPSA) is 66.8 Å². The van der Waals surface area contributed by atoms with Gasteiger partial charge in [-0.15, -0.1) is 11.8 Å². The van der Waals surface area contributed by atoms with Gasteiger partial charge in [-0.05, 0) is 18.2 Å². The first-order valence-corrected chi connectivity index (χ1v) is 8.32. The van der Waals surface area contributed by atoms with Crippen molar-refractivity contribution in [1.29, 1.82) is 0 Å². The molecular weight excluding hydrogens is 358 g/mol. The van der Waals surface area contributed by atoms with Gasteiger partial charge in [-0.3, -0.25) is 9.59 Å². The van der Waals surface area contributed by atoms with E-state index in [-0.39, 0.29) is 12.3 Å². The predicted octanol–water partition coefficient (Wildman–Crippen LogP) is 2.24. The van der Waals surface area contributed by atoms with Crippen LogP contribution in [0, 0.1) is 0 Å². The molecule has 1 amide bonds. The Kier molecular flexibility index (Phi) is 6.08. The van der Waals surface area contributed by atoms with Crippen molar-refractivity contribution >= 4 is 39.6 Å². The highest BCUT2D eigenvalue weighted by Gasteiger charge is 2.25. The number of thioether (sulfide) groups is 1. The number of carboxylic acid groups (broad SMARTS) is 1. The molecule has 1 aromatic carbocycles. The third-order valence-corrected chi connectivity index (χ3v) is 4.52. The monoisotopic (exact) mass is 373 g/mol. The van der Waals surface area contributed by atoms with Crippen LogP contribution in [-0.4, -0.2) is 53.4 Å². The van der Waals surface area contributed by atoms with E-state index < -0.39 is 12.1 Å². The van der Waals surface area contributed by atoms with Crippen LogP contribution in [0.5, 0.6) is 0 Å². The molecule has 0 spiro atoms. The molecule has 1 N–H and O–H groups in total. The van der Waals surface area contributed by atoms with Crippen LogP contribution in [0.2, 0.25) is 0 Å². The van der Waals surface area contributed by atoms with Gasteiger partial charge < -0.3 is 14.7 Å². The van der Waals surface area contributed by atoms with Gasteiger partial charge in [0.05, 0.1) is 24.9 Å². The fourth-order valence-corrected chi connectivity index (χ4v) is 3.47. The minimum atomic E-state index is -0.905. The lowest BCUT2D eigenvalue weighted by Gasteiger charge is -2.32. The third kappa shape index (κ3) is 5.33. The van der Waals surface area contributed by atoms with Crippen LogP contribution in [0.15, 0.2) is 33.6 Å². The standard InChI is InChI=1S/C14H16BrNO4S/c15-10-2-1-3-12(6-10)21-9-13(17)16-4-5-20-11(8-16)7-14(18)19/h1-3,6,11H,4-5,7-9H2,(H,18,19). The maximum atomic E-state index is 12.2. The number of nitrogens with zero attached hydrogens (tertiary/aromatic N) is 1.